The predicted molar refractivity (Wildman–Crippen MR) is 133 cm³/mol. The predicted octanol–water partition coefficient (Wildman–Crippen LogP) is 5.22. The van der Waals surface area contributed by atoms with Gasteiger partial charge in [0.05, 0.1) is 24.2 Å². The first-order valence-electron chi connectivity index (χ1n) is 12.2. The quantitative estimate of drug-likeness (QED) is 0.172. The molecule has 196 valence electrons. The number of hydrogen-bond donors (Lipinski definition) is 0. The molecule has 1 heterocycles. The lowest BCUT2D eigenvalue weighted by Gasteiger charge is -2.47. The second-order valence-corrected chi connectivity index (χ2v) is 10.7. The lowest BCUT2D eigenvalue weighted by Crippen LogP contribution is -2.59. The zero-order chi connectivity index (χ0) is 26.3. The van der Waals surface area contributed by atoms with Gasteiger partial charge in [0.25, 0.3) is 0 Å². The van der Waals surface area contributed by atoms with Crippen LogP contribution in [0.4, 0.5) is 0 Å². The summed E-state index contributed by atoms with van der Waals surface area (Å²) >= 11 is 0. The maximum atomic E-state index is 12.9. The fraction of sp³-hybridized carbons (Fsp3) is 0.643. The SMILES string of the molecule is C=CC(C)(C)[C@]1(OC)O[C@H](C[C@@H](OC(=O)C(C)(C)C)[C@@H](C)OCOCc2ccccc2)CCC1=O. The van der Waals surface area contributed by atoms with Crippen molar-refractivity contribution in [3.63, 3.8) is 0 Å². The third kappa shape index (κ3) is 7.46. The number of hydrogen-bond acceptors (Lipinski definition) is 7. The monoisotopic (exact) mass is 490 g/mol. The number of carbonyl (C=O) groups excluding carboxylic acids is 2. The minimum absolute atomic E-state index is 0.0507. The molecule has 0 aliphatic carbocycles. The molecule has 0 bridgehead atoms. The number of ketones is 1. The number of rotatable bonds is 12. The van der Waals surface area contributed by atoms with E-state index in [1.165, 1.54) is 7.11 Å². The molecule has 0 radical (unpaired) electrons. The summed E-state index contributed by atoms with van der Waals surface area (Å²) in [5, 5.41) is 0. The van der Waals surface area contributed by atoms with Crippen molar-refractivity contribution in [2.24, 2.45) is 10.8 Å². The maximum absolute atomic E-state index is 12.9. The lowest BCUT2D eigenvalue weighted by molar-refractivity contribution is -0.286. The molecule has 1 aliphatic rings. The fourth-order valence-corrected chi connectivity index (χ4v) is 3.96. The van der Waals surface area contributed by atoms with Gasteiger partial charge in [-0.25, -0.2) is 0 Å². The van der Waals surface area contributed by atoms with Gasteiger partial charge < -0.3 is 23.7 Å². The van der Waals surface area contributed by atoms with E-state index in [1.54, 1.807) is 26.8 Å². The van der Waals surface area contributed by atoms with Crippen LogP contribution in [0.1, 0.15) is 66.4 Å². The minimum Gasteiger partial charge on any atom is -0.459 e. The zero-order valence-corrected chi connectivity index (χ0v) is 22.3. The smallest absolute Gasteiger partial charge is 0.311 e. The molecule has 1 fully saturated rings. The Hall–Kier alpha value is -2.06. The summed E-state index contributed by atoms with van der Waals surface area (Å²) in [6.07, 6.45) is 1.39. The molecule has 0 N–H and O–H groups in total. The van der Waals surface area contributed by atoms with E-state index in [4.69, 9.17) is 23.7 Å². The highest BCUT2D eigenvalue weighted by Crippen LogP contribution is 2.43. The largest absolute Gasteiger partial charge is 0.459 e. The highest BCUT2D eigenvalue weighted by Gasteiger charge is 2.55. The third-order valence-electron chi connectivity index (χ3n) is 6.45. The van der Waals surface area contributed by atoms with Gasteiger partial charge in [-0.3, -0.25) is 9.59 Å². The molecule has 35 heavy (non-hydrogen) atoms. The highest BCUT2D eigenvalue weighted by molar-refractivity contribution is 5.87. The first-order valence-corrected chi connectivity index (χ1v) is 12.2. The van der Waals surface area contributed by atoms with Crippen LogP contribution in [-0.2, 0) is 39.9 Å². The summed E-state index contributed by atoms with van der Waals surface area (Å²) in [7, 11) is 1.47. The Balaban J connectivity index is 2.10. The van der Waals surface area contributed by atoms with Crippen LogP contribution >= 0.6 is 0 Å². The van der Waals surface area contributed by atoms with E-state index in [2.05, 4.69) is 6.58 Å². The Kier molecular flexibility index (Phi) is 10.2. The van der Waals surface area contributed by atoms with Crippen molar-refractivity contribution >= 4 is 11.8 Å². The first kappa shape index (κ1) is 29.2. The van der Waals surface area contributed by atoms with Crippen molar-refractivity contribution in [1.29, 1.82) is 0 Å². The van der Waals surface area contributed by atoms with Gasteiger partial charge in [-0.15, -0.1) is 6.58 Å². The average Bonchev–Trinajstić information content (AvgIpc) is 2.82. The Morgan fingerprint density at radius 1 is 1.23 bits per heavy atom. The number of Topliss-reactive ketones (excluding diaryl/α,β-unsaturated/α-hetero) is 1. The minimum atomic E-state index is -1.45. The van der Waals surface area contributed by atoms with Crippen LogP contribution in [0.3, 0.4) is 0 Å². The van der Waals surface area contributed by atoms with Gasteiger partial charge in [-0.05, 0) is 39.7 Å². The molecule has 0 amide bonds. The van der Waals surface area contributed by atoms with Crippen LogP contribution < -0.4 is 0 Å². The molecule has 7 nitrogen and oxygen atoms in total. The summed E-state index contributed by atoms with van der Waals surface area (Å²) in [5.74, 6) is -1.90. The van der Waals surface area contributed by atoms with Crippen molar-refractivity contribution in [2.45, 2.75) is 91.5 Å². The second kappa shape index (κ2) is 12.3. The molecule has 0 unspecified atom stereocenters. The van der Waals surface area contributed by atoms with E-state index in [0.717, 1.165) is 5.56 Å². The molecule has 0 aromatic heterocycles. The maximum Gasteiger partial charge on any atom is 0.311 e. The van der Waals surface area contributed by atoms with Gasteiger partial charge >= 0.3 is 5.97 Å². The summed E-state index contributed by atoms with van der Waals surface area (Å²) in [5.41, 5.74) is -0.380. The molecule has 1 aromatic rings. The van der Waals surface area contributed by atoms with Gasteiger partial charge in [0.1, 0.15) is 12.9 Å². The van der Waals surface area contributed by atoms with Crippen LogP contribution in [0.25, 0.3) is 0 Å². The molecule has 0 spiro atoms. The number of benzene rings is 1. The van der Waals surface area contributed by atoms with Gasteiger partial charge in [0, 0.05) is 25.4 Å². The second-order valence-electron chi connectivity index (χ2n) is 10.7. The van der Waals surface area contributed by atoms with Crippen LogP contribution in [0.2, 0.25) is 0 Å². The highest BCUT2D eigenvalue weighted by atomic mass is 16.7. The summed E-state index contributed by atoms with van der Waals surface area (Å²) in [4.78, 5) is 25.6. The molecule has 2 rings (SSSR count). The van der Waals surface area contributed by atoms with E-state index < -0.39 is 28.8 Å². The van der Waals surface area contributed by atoms with Crippen LogP contribution in [0.15, 0.2) is 43.0 Å². The molecular formula is C28H42O7. The summed E-state index contributed by atoms with van der Waals surface area (Å²) in [6.45, 7) is 15.3. The molecule has 4 atom stereocenters. The molecule has 0 saturated carbocycles. The van der Waals surface area contributed by atoms with Gasteiger partial charge in [0.15, 0.2) is 5.78 Å². The lowest BCUT2D eigenvalue weighted by atomic mass is 9.77. The van der Waals surface area contributed by atoms with E-state index in [0.29, 0.717) is 25.9 Å². The Bertz CT molecular complexity index is 843. The number of carbonyl (C=O) groups is 2. The van der Waals surface area contributed by atoms with E-state index >= 15 is 0 Å². The molecule has 1 aromatic carbocycles. The zero-order valence-electron chi connectivity index (χ0n) is 22.3. The van der Waals surface area contributed by atoms with Crippen LogP contribution in [-0.4, -0.2) is 49.8 Å². The fourth-order valence-electron chi connectivity index (χ4n) is 3.96. The van der Waals surface area contributed by atoms with E-state index in [-0.39, 0.29) is 24.6 Å². The van der Waals surface area contributed by atoms with E-state index in [1.807, 2.05) is 51.1 Å². The van der Waals surface area contributed by atoms with Crippen molar-refractivity contribution < 1.29 is 33.3 Å². The van der Waals surface area contributed by atoms with E-state index in [9.17, 15) is 9.59 Å². The topological polar surface area (TPSA) is 80.3 Å². The number of methoxy groups -OCH3 is 1. The summed E-state index contributed by atoms with van der Waals surface area (Å²) in [6, 6.07) is 9.81. The molecule has 7 heteroatoms. The average molecular weight is 491 g/mol. The summed E-state index contributed by atoms with van der Waals surface area (Å²) < 4.78 is 29.4. The number of ether oxygens (including phenoxy) is 5. The van der Waals surface area contributed by atoms with Crippen LogP contribution in [0, 0.1) is 10.8 Å². The van der Waals surface area contributed by atoms with Gasteiger partial charge in [-0.2, -0.15) is 0 Å². The first-order chi connectivity index (χ1) is 16.4. The standard InChI is InChI=1S/C28H42O7/c1-9-27(6,7)28(31-8)24(29)16-15-22(35-28)17-23(34-25(30)26(3,4)5)20(2)33-19-32-18-21-13-11-10-12-14-21/h9-14,20,22-23H,1,15-19H2,2-8H3/t20-,22+,23-,28-/m1/s1. The van der Waals surface area contributed by atoms with Gasteiger partial charge in [0.2, 0.25) is 5.79 Å². The molecule has 1 saturated heterocycles. The van der Waals surface area contributed by atoms with Gasteiger partial charge in [-0.1, -0.05) is 50.3 Å². The Labute approximate surface area is 210 Å². The van der Waals surface area contributed by atoms with Crippen molar-refractivity contribution in [3.05, 3.63) is 48.6 Å². The Morgan fingerprint density at radius 3 is 2.46 bits per heavy atom. The third-order valence-corrected chi connectivity index (χ3v) is 6.45. The molecular weight excluding hydrogens is 448 g/mol. The Morgan fingerprint density at radius 2 is 1.89 bits per heavy atom. The normalized spacial score (nSPS) is 22.9. The van der Waals surface area contributed by atoms with Crippen molar-refractivity contribution in [2.75, 3.05) is 13.9 Å². The van der Waals surface area contributed by atoms with Crippen molar-refractivity contribution in [3.8, 4) is 0 Å². The molecule has 1 aliphatic heterocycles. The number of esters is 1. The van der Waals surface area contributed by atoms with Crippen molar-refractivity contribution in [1.82, 2.24) is 0 Å². The van der Waals surface area contributed by atoms with Crippen LogP contribution in [0.5, 0.6) is 0 Å².